The average molecular weight is 213 g/mol. The van der Waals surface area contributed by atoms with Gasteiger partial charge < -0.3 is 8.98 Å². The van der Waals surface area contributed by atoms with Gasteiger partial charge in [0.1, 0.15) is 0 Å². The maximum atomic E-state index is 10.7. The molecule has 16 heavy (non-hydrogen) atoms. The van der Waals surface area contributed by atoms with Gasteiger partial charge in [-0.2, -0.15) is 0 Å². The number of furan rings is 1. The van der Waals surface area contributed by atoms with E-state index in [0.29, 0.717) is 5.76 Å². The molecule has 3 nitrogen and oxygen atoms in total. The van der Waals surface area contributed by atoms with Gasteiger partial charge in [-0.1, -0.05) is 12.1 Å². The number of aromatic nitrogens is 1. The van der Waals surface area contributed by atoms with E-state index in [4.69, 9.17) is 4.42 Å². The van der Waals surface area contributed by atoms with Crippen LogP contribution < -0.4 is 0 Å². The zero-order valence-corrected chi connectivity index (χ0v) is 8.93. The normalized spacial score (nSPS) is 11.3. The van der Waals surface area contributed by atoms with E-state index in [0.717, 1.165) is 34.8 Å². The van der Waals surface area contributed by atoms with Crippen LogP contribution in [0, 0.1) is 0 Å². The number of fused-ring (bicyclic) bond motifs is 3. The van der Waals surface area contributed by atoms with Crippen LogP contribution in [0.4, 0.5) is 0 Å². The second-order valence-corrected chi connectivity index (χ2v) is 3.74. The molecule has 0 amide bonds. The SMILES string of the molecule is CCn1c2ccccc2c2oc(C=O)cc21. The molecule has 0 atom stereocenters. The number of para-hydroxylation sites is 1. The summed E-state index contributed by atoms with van der Waals surface area (Å²) < 4.78 is 7.68. The number of hydrogen-bond acceptors (Lipinski definition) is 2. The van der Waals surface area contributed by atoms with E-state index in [-0.39, 0.29) is 0 Å². The van der Waals surface area contributed by atoms with Crippen molar-refractivity contribution < 1.29 is 9.21 Å². The summed E-state index contributed by atoms with van der Waals surface area (Å²) in [5.74, 6) is 0.387. The number of nitrogens with zero attached hydrogens (tertiary/aromatic N) is 1. The fourth-order valence-corrected chi connectivity index (χ4v) is 2.22. The highest BCUT2D eigenvalue weighted by atomic mass is 16.3. The molecule has 2 heterocycles. The standard InChI is InChI=1S/C13H11NO2/c1-2-14-11-6-4-3-5-10(11)13-12(14)7-9(8-15)16-13/h3-8H,2H2,1H3. The van der Waals surface area contributed by atoms with Gasteiger partial charge in [0.25, 0.3) is 0 Å². The van der Waals surface area contributed by atoms with Crippen molar-refractivity contribution in [2.24, 2.45) is 0 Å². The third-order valence-electron chi connectivity index (χ3n) is 2.89. The van der Waals surface area contributed by atoms with Crippen LogP contribution in [0.25, 0.3) is 22.0 Å². The Balaban J connectivity index is 2.53. The molecule has 3 rings (SSSR count). The van der Waals surface area contributed by atoms with Gasteiger partial charge in [-0.25, -0.2) is 0 Å². The fourth-order valence-electron chi connectivity index (χ4n) is 2.22. The van der Waals surface area contributed by atoms with Gasteiger partial charge in [-0.05, 0) is 19.1 Å². The molecule has 80 valence electrons. The highest BCUT2D eigenvalue weighted by Gasteiger charge is 2.13. The summed E-state index contributed by atoms with van der Waals surface area (Å²) in [5, 5.41) is 1.06. The van der Waals surface area contributed by atoms with Crippen LogP contribution >= 0.6 is 0 Å². The van der Waals surface area contributed by atoms with E-state index < -0.39 is 0 Å². The van der Waals surface area contributed by atoms with Gasteiger partial charge in [0.05, 0.1) is 11.0 Å². The molecule has 3 aromatic rings. The first-order chi connectivity index (χ1) is 7.85. The van der Waals surface area contributed by atoms with Gasteiger partial charge in [-0.3, -0.25) is 4.79 Å². The van der Waals surface area contributed by atoms with Crippen LogP contribution in [-0.4, -0.2) is 10.9 Å². The summed E-state index contributed by atoms with van der Waals surface area (Å²) in [5.41, 5.74) is 2.95. The van der Waals surface area contributed by atoms with Crippen LogP contribution in [0.5, 0.6) is 0 Å². The molecule has 0 unspecified atom stereocenters. The minimum absolute atomic E-state index is 0.387. The summed E-state index contributed by atoms with van der Waals surface area (Å²) >= 11 is 0. The van der Waals surface area contributed by atoms with E-state index in [1.54, 1.807) is 6.07 Å². The molecular formula is C13H11NO2. The van der Waals surface area contributed by atoms with Crippen molar-refractivity contribution in [3.05, 3.63) is 36.1 Å². The van der Waals surface area contributed by atoms with Crippen LogP contribution in [0.1, 0.15) is 17.5 Å². The first kappa shape index (κ1) is 9.21. The molecule has 0 bridgehead atoms. The Morgan fingerprint density at radius 3 is 2.88 bits per heavy atom. The number of hydrogen-bond donors (Lipinski definition) is 0. The van der Waals surface area contributed by atoms with Crippen LogP contribution in [0.3, 0.4) is 0 Å². The van der Waals surface area contributed by atoms with Gasteiger partial charge in [0, 0.05) is 18.0 Å². The molecule has 0 N–H and O–H groups in total. The van der Waals surface area contributed by atoms with E-state index in [9.17, 15) is 4.79 Å². The summed E-state index contributed by atoms with van der Waals surface area (Å²) in [6.07, 6.45) is 0.745. The molecule has 0 radical (unpaired) electrons. The van der Waals surface area contributed by atoms with E-state index in [2.05, 4.69) is 17.6 Å². The Hall–Kier alpha value is -2.03. The second kappa shape index (κ2) is 3.23. The molecule has 0 fully saturated rings. The quantitative estimate of drug-likeness (QED) is 0.612. The highest BCUT2D eigenvalue weighted by molar-refractivity contribution is 6.06. The van der Waals surface area contributed by atoms with Gasteiger partial charge in [-0.15, -0.1) is 0 Å². The number of carbonyl (C=O) groups excluding carboxylic acids is 1. The zero-order chi connectivity index (χ0) is 11.1. The summed E-state index contributed by atoms with van der Waals surface area (Å²) in [7, 11) is 0. The number of aldehydes is 1. The van der Waals surface area contributed by atoms with Crippen molar-refractivity contribution in [1.82, 2.24) is 4.57 Å². The smallest absolute Gasteiger partial charge is 0.185 e. The lowest BCUT2D eigenvalue weighted by Crippen LogP contribution is -1.91. The summed E-state index contributed by atoms with van der Waals surface area (Å²) in [6.45, 7) is 2.95. The van der Waals surface area contributed by atoms with Crippen LogP contribution in [-0.2, 0) is 6.54 Å². The largest absolute Gasteiger partial charge is 0.451 e. The maximum Gasteiger partial charge on any atom is 0.185 e. The first-order valence-corrected chi connectivity index (χ1v) is 5.31. The average Bonchev–Trinajstić information content (AvgIpc) is 2.85. The van der Waals surface area contributed by atoms with E-state index in [1.165, 1.54) is 0 Å². The van der Waals surface area contributed by atoms with E-state index >= 15 is 0 Å². The molecule has 3 heteroatoms. The fraction of sp³-hybridized carbons (Fsp3) is 0.154. The number of benzene rings is 1. The van der Waals surface area contributed by atoms with Crippen molar-refractivity contribution in [3.63, 3.8) is 0 Å². The zero-order valence-electron chi connectivity index (χ0n) is 8.93. The maximum absolute atomic E-state index is 10.7. The Bertz CT molecular complexity index is 676. The minimum atomic E-state index is 0.387. The Morgan fingerprint density at radius 2 is 2.12 bits per heavy atom. The van der Waals surface area contributed by atoms with Crippen LogP contribution in [0.2, 0.25) is 0 Å². The molecule has 2 aromatic heterocycles. The molecular weight excluding hydrogens is 202 g/mol. The summed E-state index contributed by atoms with van der Waals surface area (Å²) in [4.78, 5) is 10.7. The third kappa shape index (κ3) is 1.05. The van der Waals surface area contributed by atoms with Crippen molar-refractivity contribution in [1.29, 1.82) is 0 Å². The topological polar surface area (TPSA) is 35.1 Å². The number of aryl methyl sites for hydroxylation is 1. The molecule has 0 spiro atoms. The predicted molar refractivity (Wildman–Crippen MR) is 62.8 cm³/mol. The number of rotatable bonds is 2. The molecule has 0 saturated heterocycles. The molecule has 0 saturated carbocycles. The molecule has 0 aliphatic carbocycles. The molecule has 1 aromatic carbocycles. The first-order valence-electron chi connectivity index (χ1n) is 5.31. The molecule has 0 aliphatic rings. The molecule has 0 aliphatic heterocycles. The van der Waals surface area contributed by atoms with Gasteiger partial charge in [0.15, 0.2) is 17.6 Å². The second-order valence-electron chi connectivity index (χ2n) is 3.74. The Kier molecular flexibility index (Phi) is 1.86. The van der Waals surface area contributed by atoms with Crippen molar-refractivity contribution in [2.45, 2.75) is 13.5 Å². The predicted octanol–water partition coefficient (Wildman–Crippen LogP) is 3.22. The van der Waals surface area contributed by atoms with E-state index in [1.807, 2.05) is 18.2 Å². The van der Waals surface area contributed by atoms with Crippen molar-refractivity contribution in [3.8, 4) is 0 Å². The summed E-state index contributed by atoms with van der Waals surface area (Å²) in [6, 6.07) is 9.86. The number of carbonyl (C=O) groups is 1. The van der Waals surface area contributed by atoms with Crippen LogP contribution in [0.15, 0.2) is 34.7 Å². The lowest BCUT2D eigenvalue weighted by Gasteiger charge is -2.00. The third-order valence-corrected chi connectivity index (χ3v) is 2.89. The van der Waals surface area contributed by atoms with Gasteiger partial charge >= 0.3 is 0 Å². The van der Waals surface area contributed by atoms with Crippen molar-refractivity contribution >= 4 is 28.3 Å². The highest BCUT2D eigenvalue weighted by Crippen LogP contribution is 2.30. The Labute approximate surface area is 92.3 Å². The minimum Gasteiger partial charge on any atom is -0.451 e. The Morgan fingerprint density at radius 1 is 1.31 bits per heavy atom. The van der Waals surface area contributed by atoms with Crippen molar-refractivity contribution in [2.75, 3.05) is 0 Å². The lowest BCUT2D eigenvalue weighted by molar-refractivity contribution is 0.110. The monoisotopic (exact) mass is 213 g/mol. The van der Waals surface area contributed by atoms with Gasteiger partial charge in [0.2, 0.25) is 0 Å². The lowest BCUT2D eigenvalue weighted by atomic mass is 10.2.